The maximum Gasteiger partial charge on any atom is 0.243 e. The number of amides is 2. The average Bonchev–Trinajstić information content (AvgIpc) is 3.10. The number of anilines is 1. The Labute approximate surface area is 172 Å². The first kappa shape index (κ1) is 20.9. The summed E-state index contributed by atoms with van der Waals surface area (Å²) in [5.41, 5.74) is 1.83. The number of aryl methyl sites for hydroxylation is 2. The number of carbonyl (C=O) groups is 2. The van der Waals surface area contributed by atoms with Crippen LogP contribution in [0.15, 0.2) is 30.3 Å². The molecule has 29 heavy (non-hydrogen) atoms. The van der Waals surface area contributed by atoms with Crippen molar-refractivity contribution in [2.75, 3.05) is 11.5 Å². The highest BCUT2D eigenvalue weighted by Gasteiger charge is 2.34. The lowest BCUT2D eigenvalue weighted by Crippen LogP contribution is -2.52. The second-order valence-corrected chi connectivity index (χ2v) is 7.37. The maximum absolute atomic E-state index is 12.9. The van der Waals surface area contributed by atoms with Crippen molar-refractivity contribution in [2.45, 2.75) is 65.6 Å². The smallest absolute Gasteiger partial charge is 0.243 e. The zero-order valence-corrected chi connectivity index (χ0v) is 17.5. The normalized spacial score (nSPS) is 14.4. The van der Waals surface area contributed by atoms with E-state index in [9.17, 15) is 9.59 Å². The molecule has 0 saturated carbocycles. The van der Waals surface area contributed by atoms with E-state index >= 15 is 0 Å². The lowest BCUT2D eigenvalue weighted by atomic mass is 10.1. The van der Waals surface area contributed by atoms with E-state index < -0.39 is 6.04 Å². The fraction of sp³-hybridized carbons (Fsp3) is 0.500. The van der Waals surface area contributed by atoms with E-state index in [4.69, 9.17) is 4.74 Å². The van der Waals surface area contributed by atoms with Gasteiger partial charge in [0.25, 0.3) is 0 Å². The summed E-state index contributed by atoms with van der Waals surface area (Å²) in [7, 11) is 0. The molecule has 1 aliphatic rings. The molecular formula is C22H30N4O3. The number of aromatic nitrogens is 2. The van der Waals surface area contributed by atoms with Gasteiger partial charge in [-0.3, -0.25) is 14.5 Å². The molecule has 1 aliphatic heterocycles. The quantitative estimate of drug-likeness (QED) is 0.658. The van der Waals surface area contributed by atoms with Crippen LogP contribution in [0.25, 0.3) is 0 Å². The monoisotopic (exact) mass is 398 g/mol. The molecule has 1 aromatic carbocycles. The maximum atomic E-state index is 12.9. The zero-order valence-electron chi connectivity index (χ0n) is 17.5. The molecule has 0 fully saturated rings. The van der Waals surface area contributed by atoms with Crippen LogP contribution in [0, 0.1) is 6.92 Å². The number of hydrogen-bond acceptors (Lipinski definition) is 4. The molecule has 0 spiro atoms. The molecule has 0 saturated heterocycles. The summed E-state index contributed by atoms with van der Waals surface area (Å²) in [6.07, 6.45) is 3.02. The van der Waals surface area contributed by atoms with E-state index in [2.05, 4.69) is 17.3 Å². The van der Waals surface area contributed by atoms with Gasteiger partial charge in [-0.1, -0.05) is 32.4 Å². The number of hydrogen-bond donors (Lipinski definition) is 1. The first-order valence-corrected chi connectivity index (χ1v) is 10.4. The third-order valence-electron chi connectivity index (χ3n) is 5.09. The minimum absolute atomic E-state index is 0.0343. The van der Waals surface area contributed by atoms with Crippen LogP contribution in [0.2, 0.25) is 0 Å². The number of carbonyl (C=O) groups excluding carboxylic acids is 2. The second-order valence-electron chi connectivity index (χ2n) is 7.37. The topological polar surface area (TPSA) is 76.5 Å². The summed E-state index contributed by atoms with van der Waals surface area (Å²) in [5, 5.41) is 7.39. The molecule has 0 radical (unpaired) electrons. The van der Waals surface area contributed by atoms with E-state index in [-0.39, 0.29) is 11.8 Å². The molecular weight excluding hydrogens is 368 g/mol. The Morgan fingerprint density at radius 3 is 2.72 bits per heavy atom. The largest absolute Gasteiger partial charge is 0.494 e. The number of fused-ring (bicyclic) bond motifs is 1. The molecule has 1 aromatic heterocycles. The van der Waals surface area contributed by atoms with Crippen molar-refractivity contribution in [3.8, 4) is 5.75 Å². The average molecular weight is 399 g/mol. The minimum Gasteiger partial charge on any atom is -0.494 e. The molecule has 2 heterocycles. The second kappa shape index (κ2) is 9.58. The molecule has 2 aromatic rings. The van der Waals surface area contributed by atoms with Crippen molar-refractivity contribution < 1.29 is 14.3 Å². The number of benzene rings is 1. The van der Waals surface area contributed by atoms with Crippen molar-refractivity contribution in [3.63, 3.8) is 0 Å². The van der Waals surface area contributed by atoms with Crippen LogP contribution >= 0.6 is 0 Å². The molecule has 2 amide bonds. The predicted molar refractivity (Wildman–Crippen MR) is 112 cm³/mol. The number of rotatable bonds is 9. The first-order chi connectivity index (χ1) is 14.0. The van der Waals surface area contributed by atoms with Crippen molar-refractivity contribution in [2.24, 2.45) is 0 Å². The third kappa shape index (κ3) is 4.96. The molecule has 1 atom stereocenters. The Morgan fingerprint density at radius 1 is 1.28 bits per heavy atom. The van der Waals surface area contributed by atoms with Crippen LogP contribution in [0.1, 0.15) is 50.8 Å². The van der Waals surface area contributed by atoms with Crippen molar-refractivity contribution in [3.05, 3.63) is 41.6 Å². The van der Waals surface area contributed by atoms with Crippen molar-refractivity contribution in [1.82, 2.24) is 15.1 Å². The van der Waals surface area contributed by atoms with E-state index in [1.807, 2.05) is 48.9 Å². The first-order valence-electron chi connectivity index (χ1n) is 10.4. The van der Waals surface area contributed by atoms with E-state index in [0.717, 1.165) is 29.8 Å². The van der Waals surface area contributed by atoms with Crippen LogP contribution in [0.5, 0.6) is 5.75 Å². The third-order valence-corrected chi connectivity index (χ3v) is 5.09. The highest BCUT2D eigenvalue weighted by Crippen LogP contribution is 2.26. The lowest BCUT2D eigenvalue weighted by molar-refractivity contribution is -0.127. The van der Waals surface area contributed by atoms with Gasteiger partial charge >= 0.3 is 0 Å². The highest BCUT2D eigenvalue weighted by atomic mass is 16.5. The fourth-order valence-corrected chi connectivity index (χ4v) is 3.50. The molecule has 1 N–H and O–H groups in total. The molecule has 7 heteroatoms. The van der Waals surface area contributed by atoms with Gasteiger partial charge in [-0.05, 0) is 37.5 Å². The van der Waals surface area contributed by atoms with Gasteiger partial charge in [-0.2, -0.15) is 5.10 Å². The summed E-state index contributed by atoms with van der Waals surface area (Å²) in [5.74, 6) is 1.35. The Kier molecular flexibility index (Phi) is 6.90. The Hall–Kier alpha value is -2.83. The Bertz CT molecular complexity index is 844. The standard InChI is InChI=1S/C22H30N4O3/c1-4-6-13-29-18-9-7-17(8-10-18)15-23-22(28)19(5-2)26-20-14-16(3)24-25(20)12-11-21(26)27/h7-10,14,19H,4-6,11-13,15H2,1-3H3,(H,23,28)/t19-/m1/s1. The SMILES string of the molecule is CCCCOc1ccc(CNC(=O)[C@@H](CC)N2C(=O)CCn3nc(C)cc32)cc1. The van der Waals surface area contributed by atoms with E-state index in [0.29, 0.717) is 38.4 Å². The number of ether oxygens (including phenoxy) is 1. The van der Waals surface area contributed by atoms with Crippen LogP contribution < -0.4 is 15.0 Å². The summed E-state index contributed by atoms with van der Waals surface area (Å²) < 4.78 is 7.48. The van der Waals surface area contributed by atoms with Gasteiger partial charge in [0.1, 0.15) is 17.6 Å². The Balaban J connectivity index is 1.62. The van der Waals surface area contributed by atoms with Gasteiger partial charge in [0, 0.05) is 19.0 Å². The van der Waals surface area contributed by atoms with Gasteiger partial charge in [0.05, 0.1) is 18.8 Å². The number of nitrogens with one attached hydrogen (secondary N) is 1. The van der Waals surface area contributed by atoms with Gasteiger partial charge in [0.15, 0.2) is 0 Å². The van der Waals surface area contributed by atoms with Gasteiger partial charge in [-0.25, -0.2) is 4.68 Å². The van der Waals surface area contributed by atoms with Gasteiger partial charge in [-0.15, -0.1) is 0 Å². The number of unbranched alkanes of at least 4 members (excludes halogenated alkanes) is 1. The van der Waals surface area contributed by atoms with Gasteiger partial charge < -0.3 is 10.1 Å². The predicted octanol–water partition coefficient (Wildman–Crippen LogP) is 3.20. The summed E-state index contributed by atoms with van der Waals surface area (Å²) >= 11 is 0. The molecule has 156 valence electrons. The number of nitrogens with zero attached hydrogens (tertiary/aromatic N) is 3. The fourth-order valence-electron chi connectivity index (χ4n) is 3.50. The van der Waals surface area contributed by atoms with Crippen LogP contribution in [-0.4, -0.2) is 34.2 Å². The highest BCUT2D eigenvalue weighted by molar-refractivity contribution is 6.00. The summed E-state index contributed by atoms with van der Waals surface area (Å²) in [4.78, 5) is 27.1. The van der Waals surface area contributed by atoms with E-state index in [1.54, 1.807) is 4.90 Å². The summed E-state index contributed by atoms with van der Waals surface area (Å²) in [6, 6.07) is 9.06. The molecule has 3 rings (SSSR count). The summed E-state index contributed by atoms with van der Waals surface area (Å²) in [6.45, 7) is 7.62. The van der Waals surface area contributed by atoms with Gasteiger partial charge in [0.2, 0.25) is 11.8 Å². The zero-order chi connectivity index (χ0) is 20.8. The molecule has 0 bridgehead atoms. The Morgan fingerprint density at radius 2 is 2.03 bits per heavy atom. The minimum atomic E-state index is -0.547. The van der Waals surface area contributed by atoms with Crippen LogP contribution in [-0.2, 0) is 22.7 Å². The van der Waals surface area contributed by atoms with Crippen molar-refractivity contribution in [1.29, 1.82) is 0 Å². The van der Waals surface area contributed by atoms with E-state index in [1.165, 1.54) is 0 Å². The lowest BCUT2D eigenvalue weighted by Gasteiger charge is -2.33. The van der Waals surface area contributed by atoms with Crippen LogP contribution in [0.3, 0.4) is 0 Å². The van der Waals surface area contributed by atoms with Crippen molar-refractivity contribution >= 4 is 17.6 Å². The molecule has 7 nitrogen and oxygen atoms in total. The molecule has 0 aliphatic carbocycles. The van der Waals surface area contributed by atoms with Crippen LogP contribution in [0.4, 0.5) is 5.82 Å². The molecule has 0 unspecified atom stereocenters.